The minimum absolute atomic E-state index is 0.0711. The van der Waals surface area contributed by atoms with Crippen LogP contribution < -0.4 is 10.2 Å². The van der Waals surface area contributed by atoms with Gasteiger partial charge in [-0.15, -0.1) is 11.3 Å². The van der Waals surface area contributed by atoms with Gasteiger partial charge in [-0.25, -0.2) is 4.98 Å². The van der Waals surface area contributed by atoms with Crippen molar-refractivity contribution >= 4 is 44.7 Å². The van der Waals surface area contributed by atoms with Gasteiger partial charge in [-0.1, -0.05) is 12.1 Å². The van der Waals surface area contributed by atoms with Gasteiger partial charge in [-0.2, -0.15) is 0 Å². The zero-order valence-corrected chi connectivity index (χ0v) is 14.6. The van der Waals surface area contributed by atoms with Crippen LogP contribution in [-0.2, 0) is 4.79 Å². The average Bonchev–Trinajstić information content (AvgIpc) is 3.19. The molecule has 25 heavy (non-hydrogen) atoms. The van der Waals surface area contributed by atoms with E-state index in [9.17, 15) is 9.59 Å². The molecule has 1 aliphatic heterocycles. The third-order valence-corrected chi connectivity index (χ3v) is 5.20. The molecule has 0 saturated carbocycles. The van der Waals surface area contributed by atoms with Gasteiger partial charge in [0.25, 0.3) is 5.91 Å². The third-order valence-electron chi connectivity index (χ3n) is 4.27. The lowest BCUT2D eigenvalue weighted by atomic mass is 10.1. The molecule has 1 saturated heterocycles. The second kappa shape index (κ2) is 6.29. The van der Waals surface area contributed by atoms with E-state index in [0.29, 0.717) is 24.2 Å². The number of anilines is 2. The molecule has 0 unspecified atom stereocenters. The summed E-state index contributed by atoms with van der Waals surface area (Å²) in [6, 6.07) is 12.9. The van der Waals surface area contributed by atoms with Crippen LogP contribution in [0.3, 0.4) is 0 Å². The minimum atomic E-state index is -0.212. The number of carbonyl (C=O) groups excluding carboxylic acids is 2. The van der Waals surface area contributed by atoms with Gasteiger partial charge < -0.3 is 10.2 Å². The van der Waals surface area contributed by atoms with Gasteiger partial charge in [0.05, 0.1) is 26.5 Å². The molecule has 1 aliphatic rings. The quantitative estimate of drug-likeness (QED) is 0.776. The van der Waals surface area contributed by atoms with Crippen LogP contribution in [0.5, 0.6) is 0 Å². The maximum absolute atomic E-state index is 12.8. The molecule has 4 rings (SSSR count). The van der Waals surface area contributed by atoms with E-state index < -0.39 is 0 Å². The second-order valence-corrected chi connectivity index (χ2v) is 7.27. The van der Waals surface area contributed by atoms with E-state index in [1.165, 1.54) is 0 Å². The fourth-order valence-electron chi connectivity index (χ4n) is 3.12. The molecule has 0 radical (unpaired) electrons. The van der Waals surface area contributed by atoms with Gasteiger partial charge in [-0.3, -0.25) is 9.59 Å². The van der Waals surface area contributed by atoms with Crippen LogP contribution in [0, 0.1) is 6.92 Å². The van der Waals surface area contributed by atoms with E-state index in [4.69, 9.17) is 0 Å². The summed E-state index contributed by atoms with van der Waals surface area (Å²) in [5, 5.41) is 3.94. The summed E-state index contributed by atoms with van der Waals surface area (Å²) >= 11 is 1.60. The Morgan fingerprint density at radius 1 is 1.24 bits per heavy atom. The predicted molar refractivity (Wildman–Crippen MR) is 100 cm³/mol. The van der Waals surface area contributed by atoms with Crippen molar-refractivity contribution in [2.24, 2.45) is 0 Å². The Morgan fingerprint density at radius 2 is 2.08 bits per heavy atom. The standard InChI is InChI=1S/C19H17N3O2S/c1-12-20-15-9-8-13(11-17(15)25-12)21-19(24)14-5-2-3-6-16(14)22-10-4-7-18(22)23/h2-3,5-6,8-9,11H,4,7,10H2,1H3,(H,21,24). The van der Waals surface area contributed by atoms with Gasteiger partial charge >= 0.3 is 0 Å². The molecule has 2 aromatic carbocycles. The zero-order chi connectivity index (χ0) is 17.4. The van der Waals surface area contributed by atoms with Crippen LogP contribution >= 0.6 is 11.3 Å². The van der Waals surface area contributed by atoms with Gasteiger partial charge in [0.1, 0.15) is 0 Å². The Kier molecular flexibility index (Phi) is 3.97. The van der Waals surface area contributed by atoms with Gasteiger partial charge in [0.2, 0.25) is 5.91 Å². The Labute approximate surface area is 149 Å². The smallest absolute Gasteiger partial charge is 0.257 e. The highest BCUT2D eigenvalue weighted by atomic mass is 32.1. The SMILES string of the molecule is Cc1nc2ccc(NC(=O)c3ccccc3N3CCCC3=O)cc2s1. The summed E-state index contributed by atoms with van der Waals surface area (Å²) in [6.45, 7) is 2.63. The fourth-order valence-corrected chi connectivity index (χ4v) is 3.99. The Hall–Kier alpha value is -2.73. The molecular weight excluding hydrogens is 334 g/mol. The summed E-state index contributed by atoms with van der Waals surface area (Å²) in [5.41, 5.74) is 2.85. The molecule has 0 atom stereocenters. The summed E-state index contributed by atoms with van der Waals surface area (Å²) in [6.07, 6.45) is 1.37. The topological polar surface area (TPSA) is 62.3 Å². The third kappa shape index (κ3) is 3.00. The molecule has 1 aromatic heterocycles. The second-order valence-electron chi connectivity index (χ2n) is 6.04. The molecule has 0 spiro atoms. The summed E-state index contributed by atoms with van der Waals surface area (Å²) in [4.78, 5) is 31.0. The van der Waals surface area contributed by atoms with E-state index >= 15 is 0 Å². The molecule has 2 heterocycles. The highest BCUT2D eigenvalue weighted by Crippen LogP contribution is 2.28. The fraction of sp³-hybridized carbons (Fsp3) is 0.211. The molecule has 126 valence electrons. The molecule has 6 heteroatoms. The lowest BCUT2D eigenvalue weighted by Gasteiger charge is -2.19. The van der Waals surface area contributed by atoms with Gasteiger partial charge in [0.15, 0.2) is 0 Å². The number of aromatic nitrogens is 1. The lowest BCUT2D eigenvalue weighted by molar-refractivity contribution is -0.117. The van der Waals surface area contributed by atoms with Crippen LogP contribution in [-0.4, -0.2) is 23.3 Å². The number of hydrogen-bond donors (Lipinski definition) is 1. The average molecular weight is 351 g/mol. The number of para-hydroxylation sites is 1. The molecule has 3 aromatic rings. The molecule has 2 amide bonds. The molecule has 5 nitrogen and oxygen atoms in total. The zero-order valence-electron chi connectivity index (χ0n) is 13.8. The van der Waals surface area contributed by atoms with Crippen molar-refractivity contribution in [2.75, 3.05) is 16.8 Å². The first kappa shape index (κ1) is 15.8. The first-order chi connectivity index (χ1) is 12.1. The van der Waals surface area contributed by atoms with E-state index in [0.717, 1.165) is 27.3 Å². The van der Waals surface area contributed by atoms with Crippen molar-refractivity contribution in [1.82, 2.24) is 4.98 Å². The Morgan fingerprint density at radius 3 is 2.88 bits per heavy atom. The van der Waals surface area contributed by atoms with E-state index in [1.807, 2.05) is 43.3 Å². The van der Waals surface area contributed by atoms with E-state index in [2.05, 4.69) is 10.3 Å². The largest absolute Gasteiger partial charge is 0.322 e. The van der Waals surface area contributed by atoms with Crippen LogP contribution in [0.25, 0.3) is 10.2 Å². The van der Waals surface area contributed by atoms with Crippen molar-refractivity contribution in [3.63, 3.8) is 0 Å². The van der Waals surface area contributed by atoms with Crippen molar-refractivity contribution < 1.29 is 9.59 Å². The van der Waals surface area contributed by atoms with Gasteiger partial charge in [-0.05, 0) is 43.7 Å². The molecule has 0 bridgehead atoms. The first-order valence-corrected chi connectivity index (χ1v) is 9.01. The number of thiazole rings is 1. The Balaban J connectivity index is 1.63. The van der Waals surface area contributed by atoms with E-state index in [1.54, 1.807) is 22.3 Å². The van der Waals surface area contributed by atoms with Crippen LogP contribution in [0.4, 0.5) is 11.4 Å². The molecule has 0 aliphatic carbocycles. The number of amides is 2. The summed E-state index contributed by atoms with van der Waals surface area (Å²) in [5.74, 6) is -0.141. The monoisotopic (exact) mass is 351 g/mol. The lowest BCUT2D eigenvalue weighted by Crippen LogP contribution is -2.27. The minimum Gasteiger partial charge on any atom is -0.322 e. The maximum atomic E-state index is 12.8. The number of aryl methyl sites for hydroxylation is 1. The number of benzene rings is 2. The number of nitrogens with zero attached hydrogens (tertiary/aromatic N) is 2. The first-order valence-electron chi connectivity index (χ1n) is 8.20. The van der Waals surface area contributed by atoms with E-state index in [-0.39, 0.29) is 11.8 Å². The summed E-state index contributed by atoms with van der Waals surface area (Å²) < 4.78 is 1.04. The maximum Gasteiger partial charge on any atom is 0.257 e. The number of hydrogen-bond acceptors (Lipinski definition) is 4. The Bertz CT molecular complexity index is 980. The number of fused-ring (bicyclic) bond motifs is 1. The van der Waals surface area contributed by atoms with Crippen molar-refractivity contribution in [2.45, 2.75) is 19.8 Å². The summed E-state index contributed by atoms with van der Waals surface area (Å²) in [7, 11) is 0. The molecule has 1 N–H and O–H groups in total. The van der Waals surface area contributed by atoms with Crippen LogP contribution in [0.1, 0.15) is 28.2 Å². The van der Waals surface area contributed by atoms with Crippen molar-refractivity contribution in [3.8, 4) is 0 Å². The normalized spacial score (nSPS) is 14.3. The van der Waals surface area contributed by atoms with Crippen molar-refractivity contribution in [1.29, 1.82) is 0 Å². The number of nitrogens with one attached hydrogen (secondary N) is 1. The number of rotatable bonds is 3. The molecule has 1 fully saturated rings. The van der Waals surface area contributed by atoms with Gasteiger partial charge in [0, 0.05) is 18.7 Å². The number of carbonyl (C=O) groups is 2. The highest BCUT2D eigenvalue weighted by Gasteiger charge is 2.25. The van der Waals surface area contributed by atoms with Crippen molar-refractivity contribution in [3.05, 3.63) is 53.0 Å². The molecular formula is C19H17N3O2S. The predicted octanol–water partition coefficient (Wildman–Crippen LogP) is 3.98. The van der Waals surface area contributed by atoms with Crippen LogP contribution in [0.15, 0.2) is 42.5 Å². The van der Waals surface area contributed by atoms with Crippen LogP contribution in [0.2, 0.25) is 0 Å². The highest BCUT2D eigenvalue weighted by molar-refractivity contribution is 7.18.